The summed E-state index contributed by atoms with van der Waals surface area (Å²) in [7, 11) is -3.68. The third-order valence-electron chi connectivity index (χ3n) is 3.07. The van der Waals surface area contributed by atoms with Gasteiger partial charge in [0.15, 0.2) is 0 Å². The molecule has 1 aromatic rings. The van der Waals surface area contributed by atoms with Gasteiger partial charge in [-0.1, -0.05) is 0 Å². The van der Waals surface area contributed by atoms with Crippen LogP contribution in [0.4, 0.5) is 11.4 Å². The van der Waals surface area contributed by atoms with Crippen molar-refractivity contribution >= 4 is 21.4 Å². The van der Waals surface area contributed by atoms with Crippen molar-refractivity contribution < 1.29 is 8.42 Å². The summed E-state index contributed by atoms with van der Waals surface area (Å²) in [4.78, 5) is 0.0807. The number of sulfonamides is 1. The molecule has 0 spiro atoms. The van der Waals surface area contributed by atoms with Crippen molar-refractivity contribution in [1.82, 2.24) is 0 Å². The summed E-state index contributed by atoms with van der Waals surface area (Å²) >= 11 is 0. The maximum absolute atomic E-state index is 11.2. The Hall–Kier alpha value is -1.27. The van der Waals surface area contributed by atoms with Crippen LogP contribution in [0.15, 0.2) is 23.1 Å². The fraction of sp³-hybridized carbons (Fsp3) is 0.455. The molecule has 1 unspecified atom stereocenters. The van der Waals surface area contributed by atoms with E-state index in [0.29, 0.717) is 23.3 Å². The Morgan fingerprint density at radius 2 is 2.06 bits per heavy atom. The molecule has 1 aliphatic rings. The van der Waals surface area contributed by atoms with Gasteiger partial charge < -0.3 is 11.1 Å². The predicted molar refractivity (Wildman–Crippen MR) is 68.0 cm³/mol. The molecule has 0 aliphatic heterocycles. The fourth-order valence-electron chi connectivity index (χ4n) is 1.80. The molecule has 0 bridgehead atoms. The number of rotatable bonds is 4. The van der Waals surface area contributed by atoms with Crippen LogP contribution in [0, 0.1) is 5.92 Å². The van der Waals surface area contributed by atoms with Crippen LogP contribution in [0.1, 0.15) is 19.8 Å². The first-order chi connectivity index (χ1) is 7.88. The van der Waals surface area contributed by atoms with Gasteiger partial charge in [0.2, 0.25) is 10.0 Å². The van der Waals surface area contributed by atoms with E-state index in [4.69, 9.17) is 10.9 Å². The second-order valence-electron chi connectivity index (χ2n) is 4.56. The normalized spacial score (nSPS) is 17.8. The zero-order chi connectivity index (χ0) is 12.6. The number of anilines is 2. The van der Waals surface area contributed by atoms with Gasteiger partial charge >= 0.3 is 0 Å². The summed E-state index contributed by atoms with van der Waals surface area (Å²) < 4.78 is 22.5. The predicted octanol–water partition coefficient (Wildman–Crippen LogP) is 1.13. The van der Waals surface area contributed by atoms with E-state index < -0.39 is 10.0 Å². The molecule has 0 radical (unpaired) electrons. The number of hydrogen-bond donors (Lipinski definition) is 3. The van der Waals surface area contributed by atoms with Gasteiger partial charge in [-0.2, -0.15) is 0 Å². The quantitative estimate of drug-likeness (QED) is 0.702. The summed E-state index contributed by atoms with van der Waals surface area (Å²) in [6.07, 6.45) is 2.42. The van der Waals surface area contributed by atoms with E-state index in [9.17, 15) is 8.42 Å². The van der Waals surface area contributed by atoms with Crippen LogP contribution in [-0.4, -0.2) is 14.5 Å². The lowest BCUT2D eigenvalue weighted by Crippen LogP contribution is -2.19. The van der Waals surface area contributed by atoms with Crippen molar-refractivity contribution in [3.63, 3.8) is 0 Å². The van der Waals surface area contributed by atoms with Gasteiger partial charge in [-0.05, 0) is 43.9 Å². The number of primary sulfonamides is 1. The van der Waals surface area contributed by atoms with Crippen LogP contribution >= 0.6 is 0 Å². The van der Waals surface area contributed by atoms with Crippen molar-refractivity contribution in [1.29, 1.82) is 0 Å². The first-order valence-electron chi connectivity index (χ1n) is 5.57. The maximum Gasteiger partial charge on any atom is 0.238 e. The zero-order valence-electron chi connectivity index (χ0n) is 9.68. The molecule has 1 fully saturated rings. The Labute approximate surface area is 101 Å². The van der Waals surface area contributed by atoms with Crippen LogP contribution in [0.5, 0.6) is 0 Å². The summed E-state index contributed by atoms with van der Waals surface area (Å²) in [5.41, 5.74) is 6.97. The minimum Gasteiger partial charge on any atom is -0.397 e. The molecule has 1 aliphatic carbocycles. The molecule has 0 aromatic heterocycles. The lowest BCUT2D eigenvalue weighted by Gasteiger charge is -2.16. The summed E-state index contributed by atoms with van der Waals surface area (Å²) in [5, 5.41) is 8.32. The van der Waals surface area contributed by atoms with Gasteiger partial charge in [-0.15, -0.1) is 0 Å². The minimum atomic E-state index is -3.68. The van der Waals surface area contributed by atoms with Crippen LogP contribution in [0.3, 0.4) is 0 Å². The average molecular weight is 255 g/mol. The van der Waals surface area contributed by atoms with Crippen LogP contribution < -0.4 is 16.2 Å². The zero-order valence-corrected chi connectivity index (χ0v) is 10.5. The molecular weight excluding hydrogens is 238 g/mol. The molecule has 2 rings (SSSR count). The van der Waals surface area contributed by atoms with Crippen molar-refractivity contribution in [3.8, 4) is 0 Å². The second-order valence-corrected chi connectivity index (χ2v) is 6.13. The molecule has 1 atom stereocenters. The molecule has 0 saturated heterocycles. The highest BCUT2D eigenvalue weighted by atomic mass is 32.2. The van der Waals surface area contributed by atoms with Crippen molar-refractivity contribution in [3.05, 3.63) is 18.2 Å². The summed E-state index contributed by atoms with van der Waals surface area (Å²) in [6, 6.07) is 4.76. The molecule has 5 nitrogen and oxygen atoms in total. The number of nitrogen functional groups attached to an aromatic ring is 1. The highest BCUT2D eigenvalue weighted by molar-refractivity contribution is 7.89. The monoisotopic (exact) mass is 255 g/mol. The van der Waals surface area contributed by atoms with Crippen molar-refractivity contribution in [2.75, 3.05) is 11.1 Å². The van der Waals surface area contributed by atoms with Gasteiger partial charge in [-0.25, -0.2) is 13.6 Å². The van der Waals surface area contributed by atoms with E-state index in [-0.39, 0.29) is 4.90 Å². The Morgan fingerprint density at radius 1 is 1.41 bits per heavy atom. The maximum atomic E-state index is 11.2. The topological polar surface area (TPSA) is 98.2 Å². The third kappa shape index (κ3) is 2.89. The van der Waals surface area contributed by atoms with Gasteiger partial charge in [0.05, 0.1) is 16.3 Å². The molecule has 17 heavy (non-hydrogen) atoms. The first-order valence-corrected chi connectivity index (χ1v) is 7.11. The van der Waals surface area contributed by atoms with E-state index in [2.05, 4.69) is 12.2 Å². The van der Waals surface area contributed by atoms with Gasteiger partial charge in [0, 0.05) is 6.04 Å². The number of benzene rings is 1. The molecular formula is C11H17N3O2S. The largest absolute Gasteiger partial charge is 0.397 e. The second kappa shape index (κ2) is 4.19. The molecule has 0 amide bonds. The van der Waals surface area contributed by atoms with Crippen LogP contribution in [0.25, 0.3) is 0 Å². The van der Waals surface area contributed by atoms with Gasteiger partial charge in [0.1, 0.15) is 0 Å². The molecule has 0 heterocycles. The van der Waals surface area contributed by atoms with Crippen molar-refractivity contribution in [2.24, 2.45) is 11.1 Å². The lowest BCUT2D eigenvalue weighted by atomic mass is 10.2. The number of nitrogens with two attached hydrogens (primary N) is 2. The first kappa shape index (κ1) is 12.2. The van der Waals surface area contributed by atoms with Crippen molar-refractivity contribution in [2.45, 2.75) is 30.7 Å². The summed E-state index contributed by atoms with van der Waals surface area (Å²) in [6.45, 7) is 2.07. The van der Waals surface area contributed by atoms with E-state index in [0.717, 1.165) is 0 Å². The van der Waals surface area contributed by atoms with E-state index in [1.54, 1.807) is 6.07 Å². The highest BCUT2D eigenvalue weighted by Crippen LogP contribution is 2.35. The SMILES string of the molecule is CC(Nc1cc(S(N)(=O)=O)ccc1N)C1CC1. The number of nitrogens with one attached hydrogen (secondary N) is 1. The fourth-order valence-corrected chi connectivity index (χ4v) is 2.34. The molecule has 5 N–H and O–H groups in total. The smallest absolute Gasteiger partial charge is 0.238 e. The standard InChI is InChI=1S/C11H17N3O2S/c1-7(8-2-3-8)14-11-6-9(17(13,15)16)4-5-10(11)12/h4-8,14H,2-3,12H2,1H3,(H2,13,15,16). The molecule has 1 saturated carbocycles. The van der Waals surface area contributed by atoms with Gasteiger partial charge in [0.25, 0.3) is 0 Å². The van der Waals surface area contributed by atoms with Crippen LogP contribution in [0.2, 0.25) is 0 Å². The van der Waals surface area contributed by atoms with E-state index in [1.807, 2.05) is 0 Å². The highest BCUT2D eigenvalue weighted by Gasteiger charge is 2.28. The lowest BCUT2D eigenvalue weighted by molar-refractivity contribution is 0.598. The van der Waals surface area contributed by atoms with E-state index in [1.165, 1.54) is 25.0 Å². The Balaban J connectivity index is 2.25. The molecule has 6 heteroatoms. The third-order valence-corrected chi connectivity index (χ3v) is 3.98. The van der Waals surface area contributed by atoms with Gasteiger partial charge in [-0.3, -0.25) is 0 Å². The Morgan fingerprint density at radius 3 is 2.59 bits per heavy atom. The minimum absolute atomic E-state index is 0.0807. The molecule has 1 aromatic carbocycles. The summed E-state index contributed by atoms with van der Waals surface area (Å²) in [5.74, 6) is 0.660. The van der Waals surface area contributed by atoms with Crippen LogP contribution in [-0.2, 0) is 10.0 Å². The molecule has 94 valence electrons. The number of hydrogen-bond acceptors (Lipinski definition) is 4. The Bertz CT molecular complexity index is 524. The van der Waals surface area contributed by atoms with E-state index >= 15 is 0 Å². The average Bonchev–Trinajstić information content (AvgIpc) is 3.02. The Kier molecular flexibility index (Phi) is 3.01.